The van der Waals surface area contributed by atoms with Gasteiger partial charge in [0, 0.05) is 5.75 Å². The minimum Gasteiger partial charge on any atom is -0.508 e. The third-order valence-electron chi connectivity index (χ3n) is 3.17. The first-order valence-corrected chi connectivity index (χ1v) is 6.89. The molecule has 0 saturated carbocycles. The van der Waals surface area contributed by atoms with E-state index in [9.17, 15) is 9.90 Å². The second kappa shape index (κ2) is 5.20. The maximum Gasteiger partial charge on any atom is 0.321 e. The van der Waals surface area contributed by atoms with Crippen LogP contribution in [0.2, 0.25) is 0 Å². The minimum absolute atomic E-state index is 0.180. The second-order valence-corrected chi connectivity index (χ2v) is 6.27. The van der Waals surface area contributed by atoms with E-state index < -0.39 is 12.0 Å². The summed E-state index contributed by atoms with van der Waals surface area (Å²) in [6.07, 6.45) is 1.73. The molecule has 0 amide bonds. The van der Waals surface area contributed by atoms with Crippen molar-refractivity contribution in [3.05, 3.63) is 29.8 Å². The SMILES string of the molecule is CC1(CCc2ccc(O)cc2)NC(C(=O)O)CS1. The van der Waals surface area contributed by atoms with E-state index in [0.29, 0.717) is 5.75 Å². The van der Waals surface area contributed by atoms with E-state index in [0.717, 1.165) is 18.4 Å². The number of carboxylic acids is 1. The monoisotopic (exact) mass is 267 g/mol. The molecule has 1 aromatic rings. The van der Waals surface area contributed by atoms with Crippen LogP contribution in [0.25, 0.3) is 0 Å². The number of hydrogen-bond donors (Lipinski definition) is 3. The Hall–Kier alpha value is -1.20. The molecule has 1 fully saturated rings. The highest BCUT2D eigenvalue weighted by molar-refractivity contribution is 8.00. The van der Waals surface area contributed by atoms with E-state index in [1.807, 2.05) is 19.1 Å². The number of benzene rings is 1. The molecule has 2 atom stereocenters. The Morgan fingerprint density at radius 2 is 2.17 bits per heavy atom. The van der Waals surface area contributed by atoms with Crippen molar-refractivity contribution in [1.29, 1.82) is 0 Å². The quantitative estimate of drug-likeness (QED) is 0.776. The van der Waals surface area contributed by atoms with Gasteiger partial charge in [0.2, 0.25) is 0 Å². The molecule has 3 N–H and O–H groups in total. The number of aliphatic carboxylic acids is 1. The number of aryl methyl sites for hydroxylation is 1. The lowest BCUT2D eigenvalue weighted by molar-refractivity contribution is -0.138. The Morgan fingerprint density at radius 3 is 2.72 bits per heavy atom. The number of carbonyl (C=O) groups is 1. The van der Waals surface area contributed by atoms with Gasteiger partial charge in [0.15, 0.2) is 0 Å². The van der Waals surface area contributed by atoms with Crippen LogP contribution in [0.4, 0.5) is 0 Å². The van der Waals surface area contributed by atoms with E-state index in [4.69, 9.17) is 5.11 Å². The van der Waals surface area contributed by atoms with Crippen molar-refractivity contribution in [2.45, 2.75) is 30.7 Å². The van der Waals surface area contributed by atoms with Crippen LogP contribution in [0.5, 0.6) is 5.75 Å². The van der Waals surface area contributed by atoms with Gasteiger partial charge < -0.3 is 10.2 Å². The molecule has 18 heavy (non-hydrogen) atoms. The summed E-state index contributed by atoms with van der Waals surface area (Å²) in [6.45, 7) is 2.04. The summed E-state index contributed by atoms with van der Waals surface area (Å²) in [6, 6.07) is 6.69. The Bertz CT molecular complexity index is 434. The van der Waals surface area contributed by atoms with Crippen LogP contribution in [0, 0.1) is 0 Å². The van der Waals surface area contributed by atoms with Gasteiger partial charge in [-0.3, -0.25) is 10.1 Å². The standard InChI is InChI=1S/C13H17NO3S/c1-13(14-11(8-18-13)12(16)17)7-6-9-2-4-10(15)5-3-9/h2-5,11,14-15H,6-8H2,1H3,(H,16,17). The van der Waals surface area contributed by atoms with Gasteiger partial charge in [-0.2, -0.15) is 0 Å². The number of phenolic OH excluding ortho intramolecular Hbond substituents is 1. The fourth-order valence-electron chi connectivity index (χ4n) is 2.04. The predicted molar refractivity (Wildman–Crippen MR) is 71.9 cm³/mol. The number of hydrogen-bond acceptors (Lipinski definition) is 4. The van der Waals surface area contributed by atoms with Crippen molar-refractivity contribution in [2.24, 2.45) is 0 Å². The van der Waals surface area contributed by atoms with Gasteiger partial charge in [0.1, 0.15) is 11.8 Å². The molecule has 2 unspecified atom stereocenters. The van der Waals surface area contributed by atoms with E-state index >= 15 is 0 Å². The molecule has 1 aliphatic rings. The third kappa shape index (κ3) is 3.17. The van der Waals surface area contributed by atoms with Crippen LogP contribution >= 0.6 is 11.8 Å². The van der Waals surface area contributed by atoms with Crippen LogP contribution in [0.3, 0.4) is 0 Å². The molecule has 5 heteroatoms. The zero-order valence-corrected chi connectivity index (χ0v) is 11.0. The molecule has 1 aliphatic heterocycles. The predicted octanol–water partition coefficient (Wildman–Crippen LogP) is 1.83. The smallest absolute Gasteiger partial charge is 0.321 e. The molecular weight excluding hydrogens is 250 g/mol. The van der Waals surface area contributed by atoms with Crippen molar-refractivity contribution in [2.75, 3.05) is 5.75 Å². The molecular formula is C13H17NO3S. The number of phenols is 1. The number of aromatic hydroxyl groups is 1. The average Bonchev–Trinajstić information content (AvgIpc) is 2.72. The summed E-state index contributed by atoms with van der Waals surface area (Å²) in [5.41, 5.74) is 1.15. The molecule has 1 aromatic carbocycles. The van der Waals surface area contributed by atoms with Crippen LogP contribution in [-0.2, 0) is 11.2 Å². The topological polar surface area (TPSA) is 69.6 Å². The van der Waals surface area contributed by atoms with E-state index in [1.165, 1.54) is 0 Å². The Balaban J connectivity index is 1.90. The fourth-order valence-corrected chi connectivity index (χ4v) is 3.27. The summed E-state index contributed by atoms with van der Waals surface area (Å²) < 4.78 is 0. The lowest BCUT2D eigenvalue weighted by atomic mass is 10.1. The van der Waals surface area contributed by atoms with Crippen molar-refractivity contribution in [3.8, 4) is 5.75 Å². The summed E-state index contributed by atoms with van der Waals surface area (Å²) >= 11 is 1.66. The first-order valence-electron chi connectivity index (χ1n) is 5.91. The summed E-state index contributed by atoms with van der Waals surface area (Å²) in [5.74, 6) is 0.0987. The van der Waals surface area contributed by atoms with Crippen LogP contribution < -0.4 is 5.32 Å². The maximum atomic E-state index is 10.9. The highest BCUT2D eigenvalue weighted by Gasteiger charge is 2.37. The number of carboxylic acid groups (broad SMARTS) is 1. The largest absolute Gasteiger partial charge is 0.508 e. The van der Waals surface area contributed by atoms with Crippen LogP contribution in [0.15, 0.2) is 24.3 Å². The van der Waals surface area contributed by atoms with Crippen molar-refractivity contribution >= 4 is 17.7 Å². The van der Waals surface area contributed by atoms with Gasteiger partial charge in [0.25, 0.3) is 0 Å². The van der Waals surface area contributed by atoms with Gasteiger partial charge >= 0.3 is 5.97 Å². The van der Waals surface area contributed by atoms with Gasteiger partial charge in [-0.1, -0.05) is 12.1 Å². The van der Waals surface area contributed by atoms with Gasteiger partial charge in [0.05, 0.1) is 4.87 Å². The first-order chi connectivity index (χ1) is 8.48. The molecule has 0 spiro atoms. The van der Waals surface area contributed by atoms with E-state index in [2.05, 4.69) is 5.32 Å². The minimum atomic E-state index is -0.782. The maximum absolute atomic E-state index is 10.9. The Labute approximate surface area is 110 Å². The number of rotatable bonds is 4. The van der Waals surface area contributed by atoms with E-state index in [-0.39, 0.29) is 10.6 Å². The molecule has 4 nitrogen and oxygen atoms in total. The van der Waals surface area contributed by atoms with Crippen molar-refractivity contribution in [1.82, 2.24) is 5.32 Å². The molecule has 0 radical (unpaired) electrons. The molecule has 0 aliphatic carbocycles. The van der Waals surface area contributed by atoms with Crippen LogP contribution in [0.1, 0.15) is 18.9 Å². The average molecular weight is 267 g/mol. The molecule has 98 valence electrons. The van der Waals surface area contributed by atoms with Crippen molar-refractivity contribution in [3.63, 3.8) is 0 Å². The van der Waals surface area contributed by atoms with E-state index in [1.54, 1.807) is 23.9 Å². The summed E-state index contributed by atoms with van der Waals surface area (Å²) in [4.78, 5) is 10.7. The highest BCUT2D eigenvalue weighted by atomic mass is 32.2. The Morgan fingerprint density at radius 1 is 1.50 bits per heavy atom. The zero-order chi connectivity index (χ0) is 13.2. The first kappa shape index (κ1) is 13.2. The highest BCUT2D eigenvalue weighted by Crippen LogP contribution is 2.34. The number of nitrogens with one attached hydrogen (secondary N) is 1. The molecule has 2 rings (SSSR count). The van der Waals surface area contributed by atoms with Gasteiger partial charge in [-0.15, -0.1) is 11.8 Å². The lowest BCUT2D eigenvalue weighted by Gasteiger charge is -2.24. The van der Waals surface area contributed by atoms with Gasteiger partial charge in [-0.05, 0) is 37.5 Å². The van der Waals surface area contributed by atoms with Crippen LogP contribution in [-0.4, -0.2) is 32.8 Å². The molecule has 1 saturated heterocycles. The fraction of sp³-hybridized carbons (Fsp3) is 0.462. The number of thioether (sulfide) groups is 1. The molecule has 0 aromatic heterocycles. The molecule has 1 heterocycles. The summed E-state index contributed by atoms with van der Waals surface area (Å²) in [7, 11) is 0. The lowest BCUT2D eigenvalue weighted by Crippen LogP contribution is -2.43. The zero-order valence-electron chi connectivity index (χ0n) is 10.2. The Kier molecular flexibility index (Phi) is 3.82. The normalized spacial score (nSPS) is 27.3. The van der Waals surface area contributed by atoms with Gasteiger partial charge in [-0.25, -0.2) is 0 Å². The van der Waals surface area contributed by atoms with Crippen molar-refractivity contribution < 1.29 is 15.0 Å². The second-order valence-electron chi connectivity index (χ2n) is 4.74. The summed E-state index contributed by atoms with van der Waals surface area (Å²) in [5, 5.41) is 21.3. The third-order valence-corrected chi connectivity index (χ3v) is 4.63. The molecule has 0 bridgehead atoms.